The van der Waals surface area contributed by atoms with Crippen molar-refractivity contribution < 1.29 is 4.74 Å². The number of hydrogen-bond donors (Lipinski definition) is 2. The third-order valence-electron chi connectivity index (χ3n) is 6.02. The maximum atomic E-state index is 5.57. The fourth-order valence-corrected chi connectivity index (χ4v) is 4.95. The highest BCUT2D eigenvalue weighted by molar-refractivity contribution is 7.80. The number of ether oxygens (including phenoxy) is 1. The maximum Gasteiger partial charge on any atom is 0.170 e. The molecule has 2 N–H and O–H groups in total. The summed E-state index contributed by atoms with van der Waals surface area (Å²) in [5, 5.41) is 7.64. The lowest BCUT2D eigenvalue weighted by Crippen LogP contribution is -2.50. The lowest BCUT2D eigenvalue weighted by atomic mass is 9.96. The second-order valence-electron chi connectivity index (χ2n) is 8.04. The number of aryl methyl sites for hydroxylation is 1. The van der Waals surface area contributed by atoms with Crippen LogP contribution in [0.2, 0.25) is 0 Å². The molecule has 2 aliphatic heterocycles. The fraction of sp³-hybridized carbons (Fsp3) is 0.435. The molecule has 0 aliphatic carbocycles. The number of anilines is 1. The van der Waals surface area contributed by atoms with Gasteiger partial charge in [-0.1, -0.05) is 24.3 Å². The summed E-state index contributed by atoms with van der Waals surface area (Å²) in [6, 6.07) is 18.5. The van der Waals surface area contributed by atoms with E-state index < -0.39 is 0 Å². The molecule has 2 fully saturated rings. The van der Waals surface area contributed by atoms with Gasteiger partial charge in [-0.25, -0.2) is 0 Å². The van der Waals surface area contributed by atoms with Crippen LogP contribution >= 0.6 is 12.2 Å². The van der Waals surface area contributed by atoms with Gasteiger partial charge in [-0.05, 0) is 80.2 Å². The number of methoxy groups -OCH3 is 1. The molecule has 148 valence electrons. The molecule has 2 aromatic carbocycles. The first kappa shape index (κ1) is 19.2. The lowest BCUT2D eigenvalue weighted by Gasteiger charge is -2.39. The first-order chi connectivity index (χ1) is 13.6. The van der Waals surface area contributed by atoms with Crippen molar-refractivity contribution in [3.63, 3.8) is 0 Å². The van der Waals surface area contributed by atoms with E-state index in [4.69, 9.17) is 17.0 Å². The largest absolute Gasteiger partial charge is 0.497 e. The second-order valence-corrected chi connectivity index (χ2v) is 8.45. The van der Waals surface area contributed by atoms with Crippen molar-refractivity contribution in [2.45, 2.75) is 57.3 Å². The van der Waals surface area contributed by atoms with Crippen molar-refractivity contribution >= 4 is 23.0 Å². The number of benzene rings is 2. The molecule has 4 rings (SSSR count). The molecule has 4 nitrogen and oxygen atoms in total. The van der Waals surface area contributed by atoms with Crippen LogP contribution in [0.5, 0.6) is 5.75 Å². The second kappa shape index (κ2) is 8.50. The van der Waals surface area contributed by atoms with Gasteiger partial charge in [0.15, 0.2) is 5.11 Å². The first-order valence-electron chi connectivity index (χ1n) is 10.1. The summed E-state index contributed by atoms with van der Waals surface area (Å²) in [6.07, 6.45) is 4.89. The Morgan fingerprint density at radius 2 is 1.82 bits per heavy atom. The number of thiocarbonyl (C=S) groups is 1. The Morgan fingerprint density at radius 3 is 2.46 bits per heavy atom. The average Bonchev–Trinajstić information content (AvgIpc) is 2.91. The number of hydrogen-bond acceptors (Lipinski definition) is 3. The third kappa shape index (κ3) is 4.47. The van der Waals surface area contributed by atoms with Gasteiger partial charge in [0.2, 0.25) is 0 Å². The summed E-state index contributed by atoms with van der Waals surface area (Å²) in [5.41, 5.74) is 3.65. The zero-order chi connectivity index (χ0) is 19.5. The molecule has 3 atom stereocenters. The Bertz CT molecular complexity index is 809. The summed E-state index contributed by atoms with van der Waals surface area (Å²) in [4.78, 5) is 2.69. The maximum absolute atomic E-state index is 5.57. The van der Waals surface area contributed by atoms with Crippen LogP contribution in [-0.2, 0) is 6.54 Å². The van der Waals surface area contributed by atoms with Crippen molar-refractivity contribution in [1.82, 2.24) is 10.2 Å². The minimum absolute atomic E-state index is 0.453. The van der Waals surface area contributed by atoms with Gasteiger partial charge in [0.05, 0.1) is 7.11 Å². The number of nitrogens with zero attached hydrogens (tertiary/aromatic N) is 1. The molecule has 0 saturated carbocycles. The monoisotopic (exact) mass is 395 g/mol. The third-order valence-corrected chi connectivity index (χ3v) is 6.24. The predicted molar refractivity (Wildman–Crippen MR) is 119 cm³/mol. The van der Waals surface area contributed by atoms with E-state index in [2.05, 4.69) is 71.0 Å². The molecular weight excluding hydrogens is 366 g/mol. The van der Waals surface area contributed by atoms with Crippen molar-refractivity contribution in [3.8, 4) is 5.75 Å². The Morgan fingerprint density at radius 1 is 1.11 bits per heavy atom. The Labute approximate surface area is 173 Å². The van der Waals surface area contributed by atoms with E-state index in [0.717, 1.165) is 35.9 Å². The zero-order valence-electron chi connectivity index (χ0n) is 16.7. The minimum atomic E-state index is 0.453. The molecule has 0 aromatic heterocycles. The van der Waals surface area contributed by atoms with Crippen molar-refractivity contribution in [2.24, 2.45) is 0 Å². The molecule has 2 aliphatic rings. The minimum Gasteiger partial charge on any atom is -0.497 e. The van der Waals surface area contributed by atoms with Gasteiger partial charge in [-0.2, -0.15) is 0 Å². The number of nitrogens with one attached hydrogen (secondary N) is 2. The summed E-state index contributed by atoms with van der Waals surface area (Å²) < 4.78 is 5.27. The van der Waals surface area contributed by atoms with E-state index in [0.29, 0.717) is 18.1 Å². The standard InChI is InChI=1S/C23H29N3OS/c1-16-4-3-5-18(12-16)24-23(28)25-19-13-20-8-9-21(14-19)26(20)15-17-6-10-22(27-2)11-7-17/h3-7,10-12,19-21H,8-9,13-15H2,1-2H3,(H2,24,25,28)/t19?,20-,21+. The molecule has 2 heterocycles. The van der Waals surface area contributed by atoms with Gasteiger partial charge in [-0.15, -0.1) is 0 Å². The molecule has 0 spiro atoms. The van der Waals surface area contributed by atoms with E-state index in [-0.39, 0.29) is 0 Å². The zero-order valence-corrected chi connectivity index (χ0v) is 17.5. The van der Waals surface area contributed by atoms with E-state index in [1.165, 1.54) is 24.0 Å². The molecule has 28 heavy (non-hydrogen) atoms. The van der Waals surface area contributed by atoms with Gasteiger partial charge in [-0.3, -0.25) is 4.90 Å². The molecule has 1 unspecified atom stereocenters. The highest BCUT2D eigenvalue weighted by atomic mass is 32.1. The van der Waals surface area contributed by atoms with Crippen LogP contribution in [0.15, 0.2) is 48.5 Å². The highest BCUT2D eigenvalue weighted by Crippen LogP contribution is 2.37. The Hall–Kier alpha value is -2.11. The Balaban J connectivity index is 1.32. The first-order valence-corrected chi connectivity index (χ1v) is 10.5. The quantitative estimate of drug-likeness (QED) is 0.730. The number of fused-ring (bicyclic) bond motifs is 2. The van der Waals surface area contributed by atoms with Crippen molar-refractivity contribution in [1.29, 1.82) is 0 Å². The number of rotatable bonds is 5. The van der Waals surface area contributed by atoms with Crippen LogP contribution in [0, 0.1) is 6.92 Å². The van der Waals surface area contributed by atoms with E-state index in [1.807, 2.05) is 0 Å². The molecule has 2 bridgehead atoms. The summed E-state index contributed by atoms with van der Waals surface area (Å²) in [6.45, 7) is 3.12. The van der Waals surface area contributed by atoms with Crippen LogP contribution in [0.1, 0.15) is 36.8 Å². The Kier molecular flexibility index (Phi) is 5.83. The molecule has 0 radical (unpaired) electrons. The molecule has 2 aromatic rings. The normalized spacial score (nSPS) is 24.0. The molecule has 5 heteroatoms. The van der Waals surface area contributed by atoms with Gasteiger partial charge in [0.1, 0.15) is 5.75 Å². The van der Waals surface area contributed by atoms with E-state index in [1.54, 1.807) is 7.11 Å². The van der Waals surface area contributed by atoms with Gasteiger partial charge in [0, 0.05) is 30.4 Å². The molecule has 0 amide bonds. The van der Waals surface area contributed by atoms with Crippen molar-refractivity contribution in [2.75, 3.05) is 12.4 Å². The number of piperidine rings is 1. The summed E-state index contributed by atoms with van der Waals surface area (Å²) in [5.74, 6) is 0.921. The smallest absolute Gasteiger partial charge is 0.170 e. The van der Waals surface area contributed by atoms with Crippen LogP contribution in [0.4, 0.5) is 5.69 Å². The van der Waals surface area contributed by atoms with Crippen LogP contribution in [0.25, 0.3) is 0 Å². The lowest BCUT2D eigenvalue weighted by molar-refractivity contribution is 0.115. The van der Waals surface area contributed by atoms with Crippen LogP contribution in [0.3, 0.4) is 0 Å². The van der Waals surface area contributed by atoms with Crippen LogP contribution < -0.4 is 15.4 Å². The summed E-state index contributed by atoms with van der Waals surface area (Å²) in [7, 11) is 1.71. The van der Waals surface area contributed by atoms with Crippen molar-refractivity contribution in [3.05, 3.63) is 59.7 Å². The highest BCUT2D eigenvalue weighted by Gasteiger charge is 2.40. The topological polar surface area (TPSA) is 36.5 Å². The predicted octanol–water partition coefficient (Wildman–Crippen LogP) is 4.49. The molecular formula is C23H29N3OS. The SMILES string of the molecule is COc1ccc(CN2[C@@H]3CC[C@H]2CC(NC(=S)Nc2cccc(C)c2)C3)cc1. The van der Waals surface area contributed by atoms with Gasteiger partial charge < -0.3 is 15.4 Å². The average molecular weight is 396 g/mol. The van der Waals surface area contributed by atoms with E-state index >= 15 is 0 Å². The van der Waals surface area contributed by atoms with Gasteiger partial charge >= 0.3 is 0 Å². The summed E-state index contributed by atoms with van der Waals surface area (Å²) >= 11 is 5.57. The molecule has 2 saturated heterocycles. The van der Waals surface area contributed by atoms with Crippen LogP contribution in [-0.4, -0.2) is 35.2 Å². The fourth-order valence-electron chi connectivity index (χ4n) is 4.67. The van der Waals surface area contributed by atoms with E-state index in [9.17, 15) is 0 Å². The van der Waals surface area contributed by atoms with Gasteiger partial charge in [0.25, 0.3) is 0 Å².